The van der Waals surface area contributed by atoms with Gasteiger partial charge >= 0.3 is 6.09 Å². The summed E-state index contributed by atoms with van der Waals surface area (Å²) in [5.74, 6) is 1.42. The third-order valence-corrected chi connectivity index (χ3v) is 7.05. The molecule has 3 aliphatic rings. The first-order valence-corrected chi connectivity index (χ1v) is 10.2. The molecule has 0 aromatic carbocycles. The molecule has 2 aliphatic carbocycles. The summed E-state index contributed by atoms with van der Waals surface area (Å²) in [5, 5.41) is 3.94. The van der Waals surface area contributed by atoms with E-state index in [1.165, 1.54) is 25.7 Å². The molecule has 4 atom stereocenters. The van der Waals surface area contributed by atoms with Gasteiger partial charge in [-0.1, -0.05) is 20.8 Å². The molecule has 4 nitrogen and oxygen atoms in total. The van der Waals surface area contributed by atoms with Crippen molar-refractivity contribution in [1.29, 1.82) is 0 Å². The lowest BCUT2D eigenvalue weighted by atomic mass is 9.68. The number of nitrogens with zero attached hydrogens (tertiary/aromatic N) is 1. The summed E-state index contributed by atoms with van der Waals surface area (Å²) < 4.78 is 5.56. The van der Waals surface area contributed by atoms with Gasteiger partial charge in [0.15, 0.2) is 0 Å². The maximum absolute atomic E-state index is 12.4. The Morgan fingerprint density at radius 3 is 2.56 bits per heavy atom. The van der Waals surface area contributed by atoms with E-state index in [0.717, 1.165) is 32.0 Å². The monoisotopic (exact) mass is 350 g/mol. The molecule has 1 amide bonds. The fraction of sp³-hybridized carbons (Fsp3) is 0.952. The van der Waals surface area contributed by atoms with Gasteiger partial charge in [0.1, 0.15) is 5.60 Å². The highest BCUT2D eigenvalue weighted by Crippen LogP contribution is 2.62. The van der Waals surface area contributed by atoms with E-state index >= 15 is 0 Å². The van der Waals surface area contributed by atoms with Crippen LogP contribution in [0.2, 0.25) is 0 Å². The summed E-state index contributed by atoms with van der Waals surface area (Å²) in [5.41, 5.74) is 0.449. The Labute approximate surface area is 154 Å². The minimum Gasteiger partial charge on any atom is -0.444 e. The van der Waals surface area contributed by atoms with Gasteiger partial charge in [0.05, 0.1) is 0 Å². The van der Waals surface area contributed by atoms with Crippen LogP contribution in [0.5, 0.6) is 0 Å². The molecule has 0 spiro atoms. The standard InChI is InChI=1S/C21H38N2O2/c1-19(2,3)25-18(24)23-11-7-8-15(14-23)13-22-17-20(4,5)16-9-10-21(17,6)12-16/h15-17,22H,7-14H2,1-6H3/t15?,16-,17?,21+/m0/s1. The van der Waals surface area contributed by atoms with Crippen LogP contribution in [-0.4, -0.2) is 42.3 Å². The molecule has 2 unspecified atom stereocenters. The average molecular weight is 351 g/mol. The van der Waals surface area contributed by atoms with Gasteiger partial charge in [-0.15, -0.1) is 0 Å². The maximum atomic E-state index is 12.4. The summed E-state index contributed by atoms with van der Waals surface area (Å²) >= 11 is 0. The molecule has 144 valence electrons. The van der Waals surface area contributed by atoms with Crippen molar-refractivity contribution in [3.8, 4) is 0 Å². The number of carbonyl (C=O) groups excluding carboxylic acids is 1. The van der Waals surface area contributed by atoms with Crippen LogP contribution in [-0.2, 0) is 4.74 Å². The Morgan fingerprint density at radius 1 is 1.24 bits per heavy atom. The van der Waals surface area contributed by atoms with E-state index in [1.807, 2.05) is 25.7 Å². The van der Waals surface area contributed by atoms with Crippen molar-refractivity contribution in [1.82, 2.24) is 10.2 Å². The normalized spacial score (nSPS) is 37.4. The van der Waals surface area contributed by atoms with Crippen molar-refractivity contribution in [2.24, 2.45) is 22.7 Å². The Kier molecular flexibility index (Phi) is 4.89. The van der Waals surface area contributed by atoms with Crippen LogP contribution in [0.25, 0.3) is 0 Å². The summed E-state index contributed by atoms with van der Waals surface area (Å²) in [7, 11) is 0. The number of rotatable bonds is 3. The predicted octanol–water partition coefficient (Wildman–Crippen LogP) is 4.44. The molecule has 1 N–H and O–H groups in total. The molecule has 3 fully saturated rings. The Balaban J connectivity index is 1.54. The minimum absolute atomic E-state index is 0.149. The molecule has 4 heteroatoms. The summed E-state index contributed by atoms with van der Waals surface area (Å²) in [6, 6.07) is 0.607. The van der Waals surface area contributed by atoms with E-state index in [1.54, 1.807) is 0 Å². The lowest BCUT2D eigenvalue weighted by Crippen LogP contribution is -2.53. The third-order valence-electron chi connectivity index (χ3n) is 7.05. The molecule has 1 heterocycles. The van der Waals surface area contributed by atoms with Crippen molar-refractivity contribution < 1.29 is 9.53 Å². The number of likely N-dealkylation sites (tertiary alicyclic amines) is 1. The van der Waals surface area contributed by atoms with Gasteiger partial charge in [0.25, 0.3) is 0 Å². The molecule has 0 aromatic heterocycles. The largest absolute Gasteiger partial charge is 0.444 e. The molecule has 1 saturated heterocycles. The van der Waals surface area contributed by atoms with Crippen LogP contribution >= 0.6 is 0 Å². The van der Waals surface area contributed by atoms with E-state index in [9.17, 15) is 4.79 Å². The molecule has 25 heavy (non-hydrogen) atoms. The molecule has 0 radical (unpaired) electrons. The Hall–Kier alpha value is -0.770. The first kappa shape index (κ1) is 19.0. The number of hydrogen-bond acceptors (Lipinski definition) is 3. The van der Waals surface area contributed by atoms with E-state index in [0.29, 0.717) is 22.8 Å². The van der Waals surface area contributed by atoms with Crippen LogP contribution in [0.15, 0.2) is 0 Å². The van der Waals surface area contributed by atoms with Crippen molar-refractivity contribution in [2.75, 3.05) is 19.6 Å². The number of carbonyl (C=O) groups is 1. The lowest BCUT2D eigenvalue weighted by molar-refractivity contribution is 0.0155. The van der Waals surface area contributed by atoms with Crippen LogP contribution < -0.4 is 5.32 Å². The van der Waals surface area contributed by atoms with Crippen molar-refractivity contribution in [3.63, 3.8) is 0 Å². The zero-order chi connectivity index (χ0) is 18.5. The molecular weight excluding hydrogens is 312 g/mol. The van der Waals surface area contributed by atoms with Crippen LogP contribution in [0.4, 0.5) is 4.79 Å². The van der Waals surface area contributed by atoms with Gasteiger partial charge in [0, 0.05) is 19.1 Å². The lowest BCUT2D eigenvalue weighted by Gasteiger charge is -2.44. The second-order valence-corrected chi connectivity index (χ2v) is 10.7. The second kappa shape index (κ2) is 6.44. The van der Waals surface area contributed by atoms with Crippen molar-refractivity contribution in [2.45, 2.75) is 85.3 Å². The number of ether oxygens (including phenoxy) is 1. The topological polar surface area (TPSA) is 41.6 Å². The quantitative estimate of drug-likeness (QED) is 0.818. The number of hydrogen-bond donors (Lipinski definition) is 1. The summed E-state index contributed by atoms with van der Waals surface area (Å²) in [4.78, 5) is 14.3. The number of nitrogens with one attached hydrogen (secondary N) is 1. The van der Waals surface area contributed by atoms with Gasteiger partial charge in [-0.25, -0.2) is 4.79 Å². The van der Waals surface area contributed by atoms with Crippen molar-refractivity contribution >= 4 is 6.09 Å². The van der Waals surface area contributed by atoms with Gasteiger partial charge in [-0.3, -0.25) is 0 Å². The number of amides is 1. The zero-order valence-corrected chi connectivity index (χ0v) is 17.2. The van der Waals surface area contributed by atoms with E-state index in [4.69, 9.17) is 4.74 Å². The van der Waals surface area contributed by atoms with E-state index in [-0.39, 0.29) is 6.09 Å². The molecule has 2 saturated carbocycles. The predicted molar refractivity (Wildman–Crippen MR) is 102 cm³/mol. The number of fused-ring (bicyclic) bond motifs is 2. The molecule has 3 rings (SSSR count). The Morgan fingerprint density at radius 2 is 1.96 bits per heavy atom. The summed E-state index contributed by atoms with van der Waals surface area (Å²) in [6.45, 7) is 15.9. The van der Waals surface area contributed by atoms with Crippen LogP contribution in [0, 0.1) is 22.7 Å². The van der Waals surface area contributed by atoms with E-state index in [2.05, 4.69) is 26.1 Å². The highest BCUT2D eigenvalue weighted by Gasteiger charge is 2.59. The van der Waals surface area contributed by atoms with Crippen LogP contribution in [0.1, 0.15) is 73.6 Å². The fourth-order valence-electron chi connectivity index (χ4n) is 5.82. The Bertz CT molecular complexity index is 506. The average Bonchev–Trinajstić information content (AvgIpc) is 2.96. The zero-order valence-electron chi connectivity index (χ0n) is 17.2. The molecule has 0 aromatic rings. The second-order valence-electron chi connectivity index (χ2n) is 10.7. The smallest absolute Gasteiger partial charge is 0.410 e. The highest BCUT2D eigenvalue weighted by molar-refractivity contribution is 5.68. The molecular formula is C21H38N2O2. The van der Waals surface area contributed by atoms with Gasteiger partial charge in [-0.2, -0.15) is 0 Å². The SMILES string of the molecule is CC(C)(C)OC(=O)N1CCCC(CNC2C(C)(C)[C@H]3CC[C@]2(C)C3)C1. The molecule has 2 bridgehead atoms. The summed E-state index contributed by atoms with van der Waals surface area (Å²) in [6.07, 6.45) is 6.29. The first-order valence-electron chi connectivity index (χ1n) is 10.2. The van der Waals surface area contributed by atoms with Gasteiger partial charge in [0.2, 0.25) is 0 Å². The third kappa shape index (κ3) is 3.84. The first-order chi connectivity index (χ1) is 11.5. The molecule has 1 aliphatic heterocycles. The van der Waals surface area contributed by atoms with Crippen molar-refractivity contribution in [3.05, 3.63) is 0 Å². The fourth-order valence-corrected chi connectivity index (χ4v) is 5.82. The van der Waals surface area contributed by atoms with Crippen LogP contribution in [0.3, 0.4) is 0 Å². The van der Waals surface area contributed by atoms with Gasteiger partial charge in [-0.05, 0) is 82.1 Å². The van der Waals surface area contributed by atoms with Gasteiger partial charge < -0.3 is 15.0 Å². The minimum atomic E-state index is -0.413. The highest BCUT2D eigenvalue weighted by atomic mass is 16.6. The van der Waals surface area contributed by atoms with E-state index < -0.39 is 5.60 Å². The maximum Gasteiger partial charge on any atom is 0.410 e. The number of piperidine rings is 1.